The summed E-state index contributed by atoms with van der Waals surface area (Å²) in [7, 11) is 0. The lowest BCUT2D eigenvalue weighted by Gasteiger charge is -2.38. The molecule has 0 aromatic carbocycles. The Morgan fingerprint density at radius 1 is 1.10 bits per heavy atom. The van der Waals surface area contributed by atoms with Crippen LogP contribution in [0.2, 0.25) is 0 Å². The molecule has 2 aliphatic carbocycles. The monoisotopic (exact) mass is 281 g/mol. The molecule has 106 valence electrons. The number of nitrogens with zero attached hydrogens (tertiary/aromatic N) is 4. The molecule has 1 saturated carbocycles. The van der Waals surface area contributed by atoms with Gasteiger partial charge in [-0.3, -0.25) is 4.79 Å². The standard InChI is InChI=1S/C15H15N5O/c1-13(2)14(3)4-5-15(13,12(18)21)11-10(14)19-8(6-16)9(7-17)20-11/h4-5H2,1-3H3,(H2,18,21). The zero-order chi connectivity index (χ0) is 15.6. The molecule has 0 spiro atoms. The molecule has 2 aliphatic rings. The fourth-order valence-electron chi connectivity index (χ4n) is 4.18. The Morgan fingerprint density at radius 2 is 1.62 bits per heavy atom. The normalized spacial score (nSPS) is 31.3. The van der Waals surface area contributed by atoms with Crippen LogP contribution < -0.4 is 5.73 Å². The van der Waals surface area contributed by atoms with Gasteiger partial charge in [-0.05, 0) is 18.3 Å². The fourth-order valence-corrected chi connectivity index (χ4v) is 4.18. The molecule has 0 saturated heterocycles. The number of amides is 1. The summed E-state index contributed by atoms with van der Waals surface area (Å²) >= 11 is 0. The van der Waals surface area contributed by atoms with E-state index in [1.54, 1.807) is 0 Å². The Hall–Kier alpha value is -2.47. The van der Waals surface area contributed by atoms with E-state index in [4.69, 9.17) is 16.3 Å². The van der Waals surface area contributed by atoms with Crippen molar-refractivity contribution in [2.45, 2.75) is 44.4 Å². The summed E-state index contributed by atoms with van der Waals surface area (Å²) < 4.78 is 0. The number of rotatable bonds is 1. The Balaban J connectivity index is 2.44. The van der Waals surface area contributed by atoms with Crippen LogP contribution in [-0.2, 0) is 15.6 Å². The summed E-state index contributed by atoms with van der Waals surface area (Å²) in [5.41, 5.74) is 5.11. The van der Waals surface area contributed by atoms with Crippen LogP contribution in [0.4, 0.5) is 0 Å². The van der Waals surface area contributed by atoms with E-state index in [-0.39, 0.29) is 16.8 Å². The van der Waals surface area contributed by atoms with Crippen molar-refractivity contribution in [3.05, 3.63) is 22.8 Å². The van der Waals surface area contributed by atoms with Crippen molar-refractivity contribution in [2.75, 3.05) is 0 Å². The number of aromatic nitrogens is 2. The van der Waals surface area contributed by atoms with Crippen LogP contribution in [0.15, 0.2) is 0 Å². The number of hydrogen-bond acceptors (Lipinski definition) is 5. The van der Waals surface area contributed by atoms with Gasteiger partial charge in [0.25, 0.3) is 0 Å². The molecule has 1 aromatic rings. The van der Waals surface area contributed by atoms with Gasteiger partial charge < -0.3 is 5.73 Å². The second kappa shape index (κ2) is 3.59. The Bertz CT molecular complexity index is 769. The Kier molecular flexibility index (Phi) is 2.31. The lowest BCUT2D eigenvalue weighted by molar-refractivity contribution is -0.127. The first-order valence-corrected chi connectivity index (χ1v) is 6.79. The van der Waals surface area contributed by atoms with Gasteiger partial charge in [0.2, 0.25) is 5.91 Å². The van der Waals surface area contributed by atoms with E-state index in [0.717, 1.165) is 6.42 Å². The van der Waals surface area contributed by atoms with E-state index in [1.807, 2.05) is 32.9 Å². The SMILES string of the molecule is CC12CCC(C(N)=O)(c3nc(C#N)c(C#N)nc31)C2(C)C. The van der Waals surface area contributed by atoms with E-state index in [0.29, 0.717) is 17.8 Å². The van der Waals surface area contributed by atoms with E-state index in [2.05, 4.69) is 9.97 Å². The second-order valence-electron chi connectivity index (χ2n) is 6.57. The first-order valence-electron chi connectivity index (χ1n) is 6.79. The van der Waals surface area contributed by atoms with Crippen LogP contribution in [0.5, 0.6) is 0 Å². The third-order valence-corrected chi connectivity index (χ3v) is 5.90. The minimum absolute atomic E-state index is 0.0143. The van der Waals surface area contributed by atoms with Gasteiger partial charge >= 0.3 is 0 Å². The van der Waals surface area contributed by atoms with Crippen LogP contribution >= 0.6 is 0 Å². The third kappa shape index (κ3) is 1.15. The molecule has 0 aliphatic heterocycles. The molecule has 0 radical (unpaired) electrons. The highest BCUT2D eigenvalue weighted by Crippen LogP contribution is 2.69. The average Bonchev–Trinajstić information content (AvgIpc) is 2.74. The molecule has 3 rings (SSSR count). The predicted molar refractivity (Wildman–Crippen MR) is 72.7 cm³/mol. The van der Waals surface area contributed by atoms with E-state index in [1.165, 1.54) is 0 Å². The number of nitriles is 2. The molecule has 2 N–H and O–H groups in total. The molecule has 2 atom stereocenters. The first-order chi connectivity index (χ1) is 9.76. The molecule has 1 amide bonds. The number of hydrogen-bond donors (Lipinski definition) is 1. The Morgan fingerprint density at radius 3 is 2.10 bits per heavy atom. The minimum Gasteiger partial charge on any atom is -0.369 e. The van der Waals surface area contributed by atoms with Gasteiger partial charge in [-0.1, -0.05) is 20.8 Å². The number of fused-ring (bicyclic) bond motifs is 5. The first kappa shape index (κ1) is 13.5. The van der Waals surface area contributed by atoms with Crippen molar-refractivity contribution in [1.29, 1.82) is 10.5 Å². The van der Waals surface area contributed by atoms with E-state index < -0.39 is 16.7 Å². The summed E-state index contributed by atoms with van der Waals surface area (Å²) in [4.78, 5) is 20.9. The number of carbonyl (C=O) groups is 1. The largest absolute Gasteiger partial charge is 0.369 e. The molecule has 6 nitrogen and oxygen atoms in total. The highest BCUT2D eigenvalue weighted by Gasteiger charge is 2.72. The molecule has 2 bridgehead atoms. The predicted octanol–water partition coefficient (Wildman–Crippen LogP) is 1.03. The van der Waals surface area contributed by atoms with Gasteiger partial charge in [0.1, 0.15) is 12.1 Å². The number of primary amides is 1. The summed E-state index contributed by atoms with van der Waals surface area (Å²) in [5, 5.41) is 18.3. The van der Waals surface area contributed by atoms with Crippen LogP contribution in [0, 0.1) is 28.1 Å². The molecule has 21 heavy (non-hydrogen) atoms. The summed E-state index contributed by atoms with van der Waals surface area (Å²) in [6, 6.07) is 3.79. The number of carbonyl (C=O) groups excluding carboxylic acids is 1. The quantitative estimate of drug-likeness (QED) is 0.825. The maximum absolute atomic E-state index is 12.3. The van der Waals surface area contributed by atoms with Crippen molar-refractivity contribution < 1.29 is 4.79 Å². The highest BCUT2D eigenvalue weighted by molar-refractivity contribution is 5.90. The van der Waals surface area contributed by atoms with Crippen molar-refractivity contribution in [2.24, 2.45) is 11.1 Å². The van der Waals surface area contributed by atoms with Crippen molar-refractivity contribution >= 4 is 5.91 Å². The summed E-state index contributed by atoms with van der Waals surface area (Å²) in [6.07, 6.45) is 1.37. The van der Waals surface area contributed by atoms with Crippen molar-refractivity contribution in [3.63, 3.8) is 0 Å². The van der Waals surface area contributed by atoms with Gasteiger partial charge in [-0.2, -0.15) is 10.5 Å². The smallest absolute Gasteiger partial charge is 0.230 e. The van der Waals surface area contributed by atoms with Gasteiger partial charge in [0.05, 0.1) is 16.8 Å². The zero-order valence-corrected chi connectivity index (χ0v) is 12.2. The maximum Gasteiger partial charge on any atom is 0.230 e. The number of nitrogens with two attached hydrogens (primary N) is 1. The average molecular weight is 281 g/mol. The van der Waals surface area contributed by atoms with Crippen LogP contribution in [0.1, 0.15) is 56.4 Å². The van der Waals surface area contributed by atoms with E-state index >= 15 is 0 Å². The van der Waals surface area contributed by atoms with Gasteiger partial charge in [-0.25, -0.2) is 9.97 Å². The molecular weight excluding hydrogens is 266 g/mol. The highest BCUT2D eigenvalue weighted by atomic mass is 16.1. The third-order valence-electron chi connectivity index (χ3n) is 5.90. The van der Waals surface area contributed by atoms with E-state index in [9.17, 15) is 4.79 Å². The minimum atomic E-state index is -0.913. The Labute approximate surface area is 122 Å². The van der Waals surface area contributed by atoms with Gasteiger partial charge in [-0.15, -0.1) is 0 Å². The second-order valence-corrected chi connectivity index (χ2v) is 6.57. The molecule has 2 unspecified atom stereocenters. The molecule has 6 heteroatoms. The van der Waals surface area contributed by atoms with Crippen LogP contribution in [-0.4, -0.2) is 15.9 Å². The molecule has 1 aromatic heterocycles. The van der Waals surface area contributed by atoms with Gasteiger partial charge in [0, 0.05) is 5.41 Å². The van der Waals surface area contributed by atoms with Crippen LogP contribution in [0.25, 0.3) is 0 Å². The van der Waals surface area contributed by atoms with Crippen molar-refractivity contribution in [3.8, 4) is 12.1 Å². The van der Waals surface area contributed by atoms with Crippen LogP contribution in [0.3, 0.4) is 0 Å². The van der Waals surface area contributed by atoms with Crippen molar-refractivity contribution in [1.82, 2.24) is 9.97 Å². The summed E-state index contributed by atoms with van der Waals surface area (Å²) in [5.74, 6) is -0.433. The van der Waals surface area contributed by atoms with Gasteiger partial charge in [0.15, 0.2) is 11.4 Å². The maximum atomic E-state index is 12.3. The molecule has 1 fully saturated rings. The zero-order valence-electron chi connectivity index (χ0n) is 12.2. The fraction of sp³-hybridized carbons (Fsp3) is 0.533. The lowest BCUT2D eigenvalue weighted by Crippen LogP contribution is -2.49. The summed E-state index contributed by atoms with van der Waals surface area (Å²) in [6.45, 7) is 6.02. The topological polar surface area (TPSA) is 116 Å². The lowest BCUT2D eigenvalue weighted by atomic mass is 9.63. The molecular formula is C15H15N5O. The molecule has 1 heterocycles.